The molecule has 2 N–H and O–H groups in total. The van der Waals surface area contributed by atoms with Gasteiger partial charge in [-0.25, -0.2) is 0 Å². The van der Waals surface area contributed by atoms with Crippen LogP contribution in [-0.4, -0.2) is 16.7 Å². The predicted octanol–water partition coefficient (Wildman–Crippen LogP) is 2.25. The number of aromatic nitrogens is 2. The number of benzene rings is 1. The van der Waals surface area contributed by atoms with Crippen molar-refractivity contribution in [1.82, 2.24) is 9.59 Å². The molecule has 0 radical (unpaired) electrons. The van der Waals surface area contributed by atoms with Gasteiger partial charge in [-0.15, -0.1) is 5.10 Å². The van der Waals surface area contributed by atoms with Gasteiger partial charge in [0.15, 0.2) is 0 Å². The number of ether oxygens (including phenoxy) is 1. The van der Waals surface area contributed by atoms with Crippen LogP contribution >= 0.6 is 23.1 Å². The van der Waals surface area contributed by atoms with Crippen LogP contribution in [0.5, 0.6) is 5.75 Å². The van der Waals surface area contributed by atoms with E-state index in [-0.39, 0.29) is 6.04 Å². The van der Waals surface area contributed by atoms with Crippen LogP contribution in [0.15, 0.2) is 24.4 Å². The molecular formula is C10H10ClN3OS. The quantitative estimate of drug-likeness (QED) is 0.914. The Bertz CT molecular complexity index is 475. The molecule has 1 atom stereocenters. The molecule has 2 aromatic rings. The van der Waals surface area contributed by atoms with Gasteiger partial charge in [-0.1, -0.05) is 16.1 Å². The molecule has 0 aliphatic rings. The molecule has 0 saturated carbocycles. The van der Waals surface area contributed by atoms with Gasteiger partial charge >= 0.3 is 0 Å². The summed E-state index contributed by atoms with van der Waals surface area (Å²) >= 11 is 7.21. The van der Waals surface area contributed by atoms with Crippen LogP contribution in [0.4, 0.5) is 0 Å². The molecule has 1 aromatic carbocycles. The number of nitrogens with two attached hydrogens (primary N) is 1. The molecule has 0 aliphatic heterocycles. The first-order valence-corrected chi connectivity index (χ1v) is 5.74. The highest BCUT2D eigenvalue weighted by Crippen LogP contribution is 2.31. The van der Waals surface area contributed by atoms with Crippen molar-refractivity contribution in [2.24, 2.45) is 5.73 Å². The van der Waals surface area contributed by atoms with E-state index in [0.29, 0.717) is 10.8 Å². The van der Waals surface area contributed by atoms with Crippen LogP contribution in [-0.2, 0) is 0 Å². The lowest BCUT2D eigenvalue weighted by Gasteiger charge is -2.13. The Morgan fingerprint density at radius 2 is 2.31 bits per heavy atom. The van der Waals surface area contributed by atoms with Crippen molar-refractivity contribution in [3.05, 3.63) is 39.9 Å². The van der Waals surface area contributed by atoms with Crippen LogP contribution in [0.25, 0.3) is 0 Å². The molecule has 0 bridgehead atoms. The number of halogens is 1. The zero-order chi connectivity index (χ0) is 11.5. The molecule has 6 heteroatoms. The first-order chi connectivity index (χ1) is 7.72. The number of nitrogens with zero attached hydrogens (tertiary/aromatic N) is 2. The molecule has 1 unspecified atom stereocenters. The van der Waals surface area contributed by atoms with Crippen LogP contribution < -0.4 is 10.5 Å². The SMILES string of the molecule is COc1ccc(Cl)cc1C(N)c1cnns1. The Morgan fingerprint density at radius 1 is 1.50 bits per heavy atom. The maximum absolute atomic E-state index is 6.10. The summed E-state index contributed by atoms with van der Waals surface area (Å²) in [7, 11) is 1.60. The number of methoxy groups -OCH3 is 1. The maximum atomic E-state index is 6.10. The summed E-state index contributed by atoms with van der Waals surface area (Å²) < 4.78 is 9.03. The zero-order valence-electron chi connectivity index (χ0n) is 8.55. The molecule has 4 nitrogen and oxygen atoms in total. The van der Waals surface area contributed by atoms with Gasteiger partial charge < -0.3 is 10.5 Å². The fourth-order valence-corrected chi connectivity index (χ4v) is 2.12. The normalized spacial score (nSPS) is 12.4. The third kappa shape index (κ3) is 2.16. The van der Waals surface area contributed by atoms with Crippen molar-refractivity contribution in [2.75, 3.05) is 7.11 Å². The van der Waals surface area contributed by atoms with Gasteiger partial charge in [0, 0.05) is 10.6 Å². The highest BCUT2D eigenvalue weighted by molar-refractivity contribution is 7.05. The molecular weight excluding hydrogens is 246 g/mol. The van der Waals surface area contributed by atoms with E-state index in [2.05, 4.69) is 9.59 Å². The monoisotopic (exact) mass is 255 g/mol. The van der Waals surface area contributed by atoms with Gasteiger partial charge in [-0.2, -0.15) is 0 Å². The fourth-order valence-electron chi connectivity index (χ4n) is 1.41. The second kappa shape index (κ2) is 4.78. The lowest BCUT2D eigenvalue weighted by molar-refractivity contribution is 0.408. The van der Waals surface area contributed by atoms with Crippen molar-refractivity contribution in [1.29, 1.82) is 0 Å². The minimum Gasteiger partial charge on any atom is -0.496 e. The summed E-state index contributed by atoms with van der Waals surface area (Å²) in [6.07, 6.45) is 1.65. The molecule has 84 valence electrons. The largest absolute Gasteiger partial charge is 0.496 e. The third-order valence-electron chi connectivity index (χ3n) is 2.21. The summed E-state index contributed by atoms with van der Waals surface area (Å²) in [5.41, 5.74) is 6.93. The Balaban J connectivity index is 2.42. The van der Waals surface area contributed by atoms with Gasteiger partial charge in [-0.3, -0.25) is 0 Å². The standard InChI is InChI=1S/C10H10ClN3OS/c1-15-8-3-2-6(11)4-7(8)10(12)9-5-13-14-16-9/h2-5,10H,12H2,1H3. The van der Waals surface area contributed by atoms with E-state index in [1.165, 1.54) is 11.5 Å². The average Bonchev–Trinajstić information content (AvgIpc) is 2.81. The van der Waals surface area contributed by atoms with E-state index in [1.807, 2.05) is 0 Å². The molecule has 0 amide bonds. The number of rotatable bonds is 3. The summed E-state index contributed by atoms with van der Waals surface area (Å²) in [5.74, 6) is 0.713. The van der Waals surface area contributed by atoms with Gasteiger partial charge in [0.2, 0.25) is 0 Å². The van der Waals surface area contributed by atoms with E-state index in [4.69, 9.17) is 22.1 Å². The molecule has 0 aliphatic carbocycles. The van der Waals surface area contributed by atoms with E-state index in [0.717, 1.165) is 10.4 Å². The van der Waals surface area contributed by atoms with Crippen LogP contribution in [0.1, 0.15) is 16.5 Å². The second-order valence-corrected chi connectivity index (χ2v) is 4.44. The Kier molecular flexibility index (Phi) is 3.38. The maximum Gasteiger partial charge on any atom is 0.124 e. The zero-order valence-corrected chi connectivity index (χ0v) is 10.1. The van der Waals surface area contributed by atoms with Gasteiger partial charge in [0.05, 0.1) is 24.2 Å². The first kappa shape index (κ1) is 11.3. The Morgan fingerprint density at radius 3 is 2.94 bits per heavy atom. The smallest absolute Gasteiger partial charge is 0.124 e. The number of hydrogen-bond donors (Lipinski definition) is 1. The highest BCUT2D eigenvalue weighted by atomic mass is 35.5. The fraction of sp³-hybridized carbons (Fsp3) is 0.200. The van der Waals surface area contributed by atoms with Crippen molar-refractivity contribution in [3.8, 4) is 5.75 Å². The van der Waals surface area contributed by atoms with E-state index in [9.17, 15) is 0 Å². The second-order valence-electron chi connectivity index (χ2n) is 3.18. The first-order valence-electron chi connectivity index (χ1n) is 4.58. The topological polar surface area (TPSA) is 61.0 Å². The van der Waals surface area contributed by atoms with E-state index < -0.39 is 0 Å². The number of hydrogen-bond acceptors (Lipinski definition) is 5. The van der Waals surface area contributed by atoms with E-state index in [1.54, 1.807) is 31.5 Å². The molecule has 0 saturated heterocycles. The Labute approximate surface area is 102 Å². The van der Waals surface area contributed by atoms with Gasteiger partial charge in [-0.05, 0) is 29.7 Å². The summed E-state index contributed by atoms with van der Waals surface area (Å²) in [6, 6.07) is 5.05. The molecule has 0 spiro atoms. The molecule has 0 fully saturated rings. The summed E-state index contributed by atoms with van der Waals surface area (Å²) in [6.45, 7) is 0. The lowest BCUT2D eigenvalue weighted by atomic mass is 10.1. The van der Waals surface area contributed by atoms with Crippen LogP contribution in [0.3, 0.4) is 0 Å². The minimum absolute atomic E-state index is 0.311. The summed E-state index contributed by atoms with van der Waals surface area (Å²) in [4.78, 5) is 0.876. The predicted molar refractivity (Wildman–Crippen MR) is 63.9 cm³/mol. The highest BCUT2D eigenvalue weighted by Gasteiger charge is 2.16. The summed E-state index contributed by atoms with van der Waals surface area (Å²) in [5, 5.41) is 4.39. The van der Waals surface area contributed by atoms with Crippen LogP contribution in [0, 0.1) is 0 Å². The van der Waals surface area contributed by atoms with Gasteiger partial charge in [0.25, 0.3) is 0 Å². The van der Waals surface area contributed by atoms with Gasteiger partial charge in [0.1, 0.15) is 5.75 Å². The third-order valence-corrected chi connectivity index (χ3v) is 3.19. The molecule has 16 heavy (non-hydrogen) atoms. The minimum atomic E-state index is -0.311. The molecule has 2 rings (SSSR count). The van der Waals surface area contributed by atoms with Crippen molar-refractivity contribution in [2.45, 2.75) is 6.04 Å². The van der Waals surface area contributed by atoms with Crippen molar-refractivity contribution >= 4 is 23.1 Å². The molecule has 1 aromatic heterocycles. The average molecular weight is 256 g/mol. The van der Waals surface area contributed by atoms with E-state index >= 15 is 0 Å². The molecule has 1 heterocycles. The van der Waals surface area contributed by atoms with Crippen LogP contribution in [0.2, 0.25) is 5.02 Å². The van der Waals surface area contributed by atoms with Crippen molar-refractivity contribution < 1.29 is 4.74 Å². The lowest BCUT2D eigenvalue weighted by Crippen LogP contribution is -2.11. The van der Waals surface area contributed by atoms with Crippen molar-refractivity contribution in [3.63, 3.8) is 0 Å². The Hall–Kier alpha value is -1.17.